The Bertz CT molecular complexity index is 1080. The number of carbonyl (C=O) groups is 4. The number of hydrogen-bond donors (Lipinski definition) is 3. The van der Waals surface area contributed by atoms with E-state index in [0.29, 0.717) is 26.5 Å². The topological polar surface area (TPSA) is 114 Å². The molecule has 0 spiro atoms. The summed E-state index contributed by atoms with van der Waals surface area (Å²) in [5.41, 5.74) is 1.77. The number of halogens is 2. The minimum absolute atomic E-state index is 0.202. The Morgan fingerprint density at radius 2 is 1.83 bits per heavy atom. The van der Waals surface area contributed by atoms with Crippen LogP contribution >= 0.6 is 27.5 Å². The predicted octanol–water partition coefficient (Wildman–Crippen LogP) is 3.18. The van der Waals surface area contributed by atoms with E-state index >= 15 is 0 Å². The van der Waals surface area contributed by atoms with Gasteiger partial charge in [0.15, 0.2) is 6.61 Å². The highest BCUT2D eigenvalue weighted by molar-refractivity contribution is 9.10. The van der Waals surface area contributed by atoms with Crippen molar-refractivity contribution in [2.45, 2.75) is 6.92 Å². The van der Waals surface area contributed by atoms with E-state index in [1.807, 2.05) is 17.6 Å². The molecule has 5 amide bonds. The van der Waals surface area contributed by atoms with Crippen LogP contribution in [-0.4, -0.2) is 30.4 Å². The van der Waals surface area contributed by atoms with Gasteiger partial charge in [-0.25, -0.2) is 4.79 Å². The number of rotatable bonds is 5. The lowest BCUT2D eigenvalue weighted by molar-refractivity contribution is -0.124. The third-order valence-electron chi connectivity index (χ3n) is 4.02. The molecule has 0 unspecified atom stereocenters. The zero-order chi connectivity index (χ0) is 21.8. The van der Waals surface area contributed by atoms with E-state index in [2.05, 4.69) is 21.2 Å². The number of nitrogens with one attached hydrogen (secondary N) is 3. The number of ether oxygens (including phenoxy) is 1. The highest BCUT2D eigenvalue weighted by atomic mass is 79.9. The summed E-state index contributed by atoms with van der Waals surface area (Å²) in [6, 6.07) is 9.11. The molecule has 0 saturated carbocycles. The molecule has 1 fully saturated rings. The number of hydrogen-bond acceptors (Lipinski definition) is 5. The SMILES string of the molecule is Cc1ccc(NC(=O)COc2ccc(C=C3C(=O)NC(=O)NC3=O)cc2Br)cc1Cl. The molecule has 0 aromatic heterocycles. The van der Waals surface area contributed by atoms with Crippen LogP contribution in [0.25, 0.3) is 6.08 Å². The van der Waals surface area contributed by atoms with Crippen molar-refractivity contribution in [1.82, 2.24) is 10.6 Å². The molecule has 3 N–H and O–H groups in total. The maximum atomic E-state index is 12.1. The molecular weight excluding hydrogens is 478 g/mol. The zero-order valence-corrected chi connectivity index (χ0v) is 17.9. The number of amides is 5. The molecule has 0 atom stereocenters. The van der Waals surface area contributed by atoms with Crippen molar-refractivity contribution in [1.29, 1.82) is 0 Å². The van der Waals surface area contributed by atoms with Crippen molar-refractivity contribution < 1.29 is 23.9 Å². The first-order valence-electron chi connectivity index (χ1n) is 8.59. The number of anilines is 1. The van der Waals surface area contributed by atoms with Crippen molar-refractivity contribution >= 4 is 63.0 Å². The maximum absolute atomic E-state index is 12.1. The molecule has 0 radical (unpaired) electrons. The Morgan fingerprint density at radius 3 is 2.47 bits per heavy atom. The summed E-state index contributed by atoms with van der Waals surface area (Å²) >= 11 is 9.37. The first kappa shape index (κ1) is 21.5. The molecule has 3 rings (SSSR count). The van der Waals surface area contributed by atoms with Crippen LogP contribution in [0.3, 0.4) is 0 Å². The molecule has 1 heterocycles. The molecule has 1 aliphatic rings. The summed E-state index contributed by atoms with van der Waals surface area (Å²) in [5, 5.41) is 7.23. The molecule has 0 bridgehead atoms. The number of urea groups is 1. The van der Waals surface area contributed by atoms with Crippen molar-refractivity contribution in [2.75, 3.05) is 11.9 Å². The Morgan fingerprint density at radius 1 is 1.13 bits per heavy atom. The van der Waals surface area contributed by atoms with Crippen molar-refractivity contribution in [2.24, 2.45) is 0 Å². The fourth-order valence-corrected chi connectivity index (χ4v) is 3.20. The van der Waals surface area contributed by atoms with Gasteiger partial charge in [-0.2, -0.15) is 0 Å². The summed E-state index contributed by atoms with van der Waals surface area (Å²) < 4.78 is 6.02. The third kappa shape index (κ3) is 5.25. The Labute approximate surface area is 184 Å². The van der Waals surface area contributed by atoms with E-state index in [9.17, 15) is 19.2 Å². The highest BCUT2D eigenvalue weighted by Crippen LogP contribution is 2.27. The van der Waals surface area contributed by atoms with Gasteiger partial charge in [0, 0.05) is 10.7 Å². The van der Waals surface area contributed by atoms with E-state index in [1.54, 1.807) is 36.4 Å². The normalized spacial score (nSPS) is 13.4. The summed E-state index contributed by atoms with van der Waals surface area (Å²) in [5.74, 6) is -1.55. The number of carbonyl (C=O) groups excluding carboxylic acids is 4. The van der Waals surface area contributed by atoms with Crippen molar-refractivity contribution in [3.63, 3.8) is 0 Å². The van der Waals surface area contributed by atoms with Gasteiger partial charge >= 0.3 is 6.03 Å². The molecule has 8 nitrogen and oxygen atoms in total. The number of aryl methyl sites for hydroxylation is 1. The second kappa shape index (κ2) is 9.10. The van der Waals surface area contributed by atoms with Crippen molar-refractivity contribution in [3.05, 3.63) is 62.6 Å². The molecule has 1 saturated heterocycles. The monoisotopic (exact) mass is 491 g/mol. The van der Waals surface area contributed by atoms with Crippen molar-refractivity contribution in [3.8, 4) is 5.75 Å². The average molecular weight is 493 g/mol. The Hall–Kier alpha value is -3.17. The van der Waals surface area contributed by atoms with E-state index in [1.165, 1.54) is 6.08 Å². The van der Waals surface area contributed by atoms with Gasteiger partial charge in [0.2, 0.25) is 0 Å². The van der Waals surface area contributed by atoms with E-state index in [0.717, 1.165) is 5.56 Å². The molecule has 10 heteroatoms. The molecule has 1 aliphatic heterocycles. The fourth-order valence-electron chi connectivity index (χ4n) is 2.51. The molecular formula is C20H15BrClN3O5. The lowest BCUT2D eigenvalue weighted by Crippen LogP contribution is -2.51. The predicted molar refractivity (Wildman–Crippen MR) is 114 cm³/mol. The molecule has 30 heavy (non-hydrogen) atoms. The van der Waals surface area contributed by atoms with Gasteiger partial charge < -0.3 is 10.1 Å². The van der Waals surface area contributed by atoms with Crippen LogP contribution in [0.2, 0.25) is 5.02 Å². The standard InChI is InChI=1S/C20H15BrClN3O5/c1-10-2-4-12(8-15(10)22)23-17(26)9-30-16-5-3-11(7-14(16)21)6-13-18(27)24-20(29)25-19(13)28/h2-8H,9H2,1H3,(H,23,26)(H2,24,25,27,28,29). The summed E-state index contributed by atoms with van der Waals surface area (Å²) in [7, 11) is 0. The van der Waals surface area contributed by atoms with E-state index in [4.69, 9.17) is 16.3 Å². The van der Waals surface area contributed by atoms with Gasteiger partial charge in [-0.05, 0) is 64.3 Å². The van der Waals surface area contributed by atoms with Gasteiger partial charge in [-0.3, -0.25) is 25.0 Å². The lowest BCUT2D eigenvalue weighted by atomic mass is 10.1. The lowest BCUT2D eigenvalue weighted by Gasteiger charge is -2.14. The smallest absolute Gasteiger partial charge is 0.328 e. The van der Waals surface area contributed by atoms with Crippen LogP contribution in [0, 0.1) is 6.92 Å². The van der Waals surface area contributed by atoms with Gasteiger partial charge in [0.25, 0.3) is 17.7 Å². The molecule has 2 aromatic rings. The largest absolute Gasteiger partial charge is 0.483 e. The summed E-state index contributed by atoms with van der Waals surface area (Å²) in [6.45, 7) is 1.62. The Balaban J connectivity index is 1.64. The summed E-state index contributed by atoms with van der Waals surface area (Å²) in [6.07, 6.45) is 1.33. The van der Waals surface area contributed by atoms with E-state index in [-0.39, 0.29) is 18.1 Å². The van der Waals surface area contributed by atoms with Gasteiger partial charge in [-0.15, -0.1) is 0 Å². The number of barbiturate groups is 1. The maximum Gasteiger partial charge on any atom is 0.328 e. The first-order valence-corrected chi connectivity index (χ1v) is 9.77. The number of imide groups is 2. The van der Waals surface area contributed by atoms with E-state index < -0.39 is 17.8 Å². The fraction of sp³-hybridized carbons (Fsp3) is 0.100. The minimum Gasteiger partial charge on any atom is -0.483 e. The molecule has 2 aromatic carbocycles. The van der Waals surface area contributed by atoms with Crippen LogP contribution in [0.1, 0.15) is 11.1 Å². The first-order chi connectivity index (χ1) is 14.2. The quantitative estimate of drug-likeness (QED) is 0.438. The van der Waals surface area contributed by atoms with Crippen LogP contribution in [0.15, 0.2) is 46.4 Å². The van der Waals surface area contributed by atoms with Gasteiger partial charge in [0.1, 0.15) is 11.3 Å². The Kier molecular flexibility index (Phi) is 6.53. The second-order valence-corrected chi connectivity index (χ2v) is 7.55. The molecule has 0 aliphatic carbocycles. The van der Waals surface area contributed by atoms with Gasteiger partial charge in [0.05, 0.1) is 4.47 Å². The second-order valence-electron chi connectivity index (χ2n) is 6.29. The van der Waals surface area contributed by atoms with Crippen LogP contribution < -0.4 is 20.7 Å². The number of benzene rings is 2. The zero-order valence-electron chi connectivity index (χ0n) is 15.5. The van der Waals surface area contributed by atoms with Crippen LogP contribution in [0.5, 0.6) is 5.75 Å². The summed E-state index contributed by atoms with van der Waals surface area (Å²) in [4.78, 5) is 46.8. The van der Waals surface area contributed by atoms with Crippen LogP contribution in [-0.2, 0) is 14.4 Å². The van der Waals surface area contributed by atoms with Gasteiger partial charge in [-0.1, -0.05) is 23.7 Å². The average Bonchev–Trinajstić information content (AvgIpc) is 2.67. The molecule has 154 valence electrons. The van der Waals surface area contributed by atoms with Crippen LogP contribution in [0.4, 0.5) is 10.5 Å². The highest BCUT2D eigenvalue weighted by Gasteiger charge is 2.27. The minimum atomic E-state index is -0.863. The third-order valence-corrected chi connectivity index (χ3v) is 5.05.